The number of thiophene rings is 1. The highest BCUT2D eigenvalue weighted by atomic mass is 79.9. The molecule has 1 amide bonds. The van der Waals surface area contributed by atoms with Crippen LogP contribution in [0.2, 0.25) is 0 Å². The predicted molar refractivity (Wildman–Crippen MR) is 117 cm³/mol. The van der Waals surface area contributed by atoms with E-state index >= 15 is 0 Å². The summed E-state index contributed by atoms with van der Waals surface area (Å²) in [6, 6.07) is 12.4. The molecule has 1 N–H and O–H groups in total. The Morgan fingerprint density at radius 2 is 1.83 bits per heavy atom. The summed E-state index contributed by atoms with van der Waals surface area (Å²) in [5, 5.41) is 7.02. The number of H-pyrrole nitrogens is 1. The highest BCUT2D eigenvalue weighted by Crippen LogP contribution is 2.29. The first kappa shape index (κ1) is 21.0. The minimum Gasteiger partial charge on any atom is -0.497 e. The second-order valence-electron chi connectivity index (χ2n) is 6.65. The minimum atomic E-state index is -3.54. The highest BCUT2D eigenvalue weighted by Gasteiger charge is 2.31. The van der Waals surface area contributed by atoms with Gasteiger partial charge < -0.3 is 9.64 Å². The molecule has 1 aromatic carbocycles. The third-order valence-electron chi connectivity index (χ3n) is 4.86. The molecule has 11 heteroatoms. The van der Waals surface area contributed by atoms with Gasteiger partial charge in [0.15, 0.2) is 0 Å². The molecule has 158 valence electrons. The Morgan fingerprint density at radius 3 is 2.43 bits per heavy atom. The second-order valence-corrected chi connectivity index (χ2v) is 11.3. The zero-order valence-electron chi connectivity index (χ0n) is 16.0. The summed E-state index contributed by atoms with van der Waals surface area (Å²) >= 11 is 4.48. The third kappa shape index (κ3) is 4.15. The normalized spacial score (nSPS) is 15.3. The van der Waals surface area contributed by atoms with Crippen LogP contribution in [0.4, 0.5) is 0 Å². The lowest BCUT2D eigenvalue weighted by Crippen LogP contribution is -2.50. The van der Waals surface area contributed by atoms with Crippen LogP contribution in [0, 0.1) is 0 Å². The van der Waals surface area contributed by atoms with Crippen LogP contribution in [0.25, 0.3) is 11.3 Å². The van der Waals surface area contributed by atoms with Crippen LogP contribution in [-0.2, 0) is 10.0 Å². The molecule has 8 nitrogen and oxygen atoms in total. The molecular weight excluding hydrogens is 492 g/mol. The topological polar surface area (TPSA) is 95.6 Å². The number of amides is 1. The van der Waals surface area contributed by atoms with Gasteiger partial charge in [0.25, 0.3) is 15.9 Å². The van der Waals surface area contributed by atoms with Crippen LogP contribution in [0.3, 0.4) is 0 Å². The first-order valence-electron chi connectivity index (χ1n) is 9.13. The number of halogens is 1. The molecule has 2 aromatic heterocycles. The zero-order valence-corrected chi connectivity index (χ0v) is 19.3. The van der Waals surface area contributed by atoms with E-state index in [9.17, 15) is 13.2 Å². The lowest BCUT2D eigenvalue weighted by atomic mass is 10.1. The summed E-state index contributed by atoms with van der Waals surface area (Å²) in [7, 11) is -1.94. The molecule has 1 aliphatic heterocycles. The Bertz CT molecular complexity index is 1150. The van der Waals surface area contributed by atoms with Gasteiger partial charge in [0, 0.05) is 31.7 Å². The monoisotopic (exact) mass is 510 g/mol. The van der Waals surface area contributed by atoms with Gasteiger partial charge in [-0.15, -0.1) is 11.3 Å². The van der Waals surface area contributed by atoms with E-state index in [1.54, 1.807) is 30.2 Å². The number of piperazine rings is 1. The number of carbonyl (C=O) groups is 1. The van der Waals surface area contributed by atoms with Crippen LogP contribution >= 0.6 is 27.3 Å². The quantitative estimate of drug-likeness (QED) is 0.568. The maximum atomic E-state index is 12.8. The van der Waals surface area contributed by atoms with E-state index in [2.05, 4.69) is 26.1 Å². The number of benzene rings is 1. The third-order valence-corrected chi connectivity index (χ3v) is 8.85. The van der Waals surface area contributed by atoms with Crippen molar-refractivity contribution in [2.75, 3.05) is 33.3 Å². The van der Waals surface area contributed by atoms with Crippen molar-refractivity contribution >= 4 is 43.2 Å². The summed E-state index contributed by atoms with van der Waals surface area (Å²) < 4.78 is 33.1. The molecule has 0 aliphatic carbocycles. The molecule has 4 rings (SSSR count). The Balaban J connectivity index is 1.41. The van der Waals surface area contributed by atoms with Gasteiger partial charge >= 0.3 is 0 Å². The van der Waals surface area contributed by atoms with E-state index in [4.69, 9.17) is 4.74 Å². The molecular formula is C19H19BrN4O4S2. The van der Waals surface area contributed by atoms with Gasteiger partial charge in [-0.05, 0) is 58.4 Å². The van der Waals surface area contributed by atoms with Crippen LogP contribution < -0.4 is 4.74 Å². The van der Waals surface area contributed by atoms with Crippen LogP contribution in [-0.4, -0.2) is 67.0 Å². The lowest BCUT2D eigenvalue weighted by Gasteiger charge is -2.33. The fourth-order valence-electron chi connectivity index (χ4n) is 3.21. The number of sulfonamides is 1. The molecule has 0 atom stereocenters. The Kier molecular flexibility index (Phi) is 5.96. The Morgan fingerprint density at radius 1 is 1.13 bits per heavy atom. The molecule has 0 saturated carbocycles. The van der Waals surface area contributed by atoms with E-state index in [0.717, 1.165) is 15.1 Å². The van der Waals surface area contributed by atoms with Gasteiger partial charge in [0.1, 0.15) is 15.7 Å². The average Bonchev–Trinajstić information content (AvgIpc) is 3.43. The van der Waals surface area contributed by atoms with E-state index in [0.29, 0.717) is 28.7 Å². The number of rotatable bonds is 5. The molecule has 1 saturated heterocycles. The van der Waals surface area contributed by atoms with Crippen molar-refractivity contribution < 1.29 is 17.9 Å². The summed E-state index contributed by atoms with van der Waals surface area (Å²) in [5.74, 6) is 0.548. The van der Waals surface area contributed by atoms with Crippen LogP contribution in [0.1, 0.15) is 10.5 Å². The molecule has 0 radical (unpaired) electrons. The van der Waals surface area contributed by atoms with Gasteiger partial charge in [0.2, 0.25) is 0 Å². The fourth-order valence-corrected chi connectivity index (χ4v) is 6.79. The Labute approximate surface area is 186 Å². The predicted octanol–water partition coefficient (Wildman–Crippen LogP) is 3.06. The fraction of sp³-hybridized carbons (Fsp3) is 0.263. The number of hydrogen-bond donors (Lipinski definition) is 1. The van der Waals surface area contributed by atoms with Crippen molar-refractivity contribution in [3.8, 4) is 17.0 Å². The zero-order chi connectivity index (χ0) is 21.3. The summed E-state index contributed by atoms with van der Waals surface area (Å²) in [6.07, 6.45) is 0. The largest absolute Gasteiger partial charge is 0.497 e. The van der Waals surface area contributed by atoms with Gasteiger partial charge in [-0.25, -0.2) is 8.42 Å². The smallest absolute Gasteiger partial charge is 0.271 e. The van der Waals surface area contributed by atoms with E-state index in [1.807, 2.05) is 24.3 Å². The molecule has 30 heavy (non-hydrogen) atoms. The highest BCUT2D eigenvalue weighted by molar-refractivity contribution is 9.11. The number of aromatic nitrogens is 2. The van der Waals surface area contributed by atoms with E-state index in [-0.39, 0.29) is 19.0 Å². The van der Waals surface area contributed by atoms with Gasteiger partial charge in [0.05, 0.1) is 16.6 Å². The minimum absolute atomic E-state index is 0.196. The van der Waals surface area contributed by atoms with Crippen molar-refractivity contribution in [3.05, 3.63) is 51.9 Å². The molecule has 3 aromatic rings. The standard InChI is InChI=1S/C19H19BrN4O4S2/c1-28-14-4-2-13(3-5-14)15-12-16(22-21-15)19(25)23-8-10-24(11-9-23)30(26,27)18-7-6-17(20)29-18/h2-7,12H,8-11H2,1H3,(H,21,22). The van der Waals surface area contributed by atoms with Gasteiger partial charge in [-0.1, -0.05) is 0 Å². The van der Waals surface area contributed by atoms with E-state index < -0.39 is 10.0 Å². The SMILES string of the molecule is COc1ccc(-c2cc(C(=O)N3CCN(S(=O)(=O)c4ccc(Br)s4)CC3)[nH]n2)cc1. The number of aromatic amines is 1. The van der Waals surface area contributed by atoms with E-state index in [1.165, 1.54) is 15.6 Å². The number of nitrogens with zero attached hydrogens (tertiary/aromatic N) is 3. The second kappa shape index (κ2) is 8.50. The lowest BCUT2D eigenvalue weighted by molar-refractivity contribution is 0.0692. The van der Waals surface area contributed by atoms with Crippen molar-refractivity contribution in [2.24, 2.45) is 0 Å². The number of ether oxygens (including phenoxy) is 1. The summed E-state index contributed by atoms with van der Waals surface area (Å²) in [4.78, 5) is 14.5. The van der Waals surface area contributed by atoms with Crippen molar-refractivity contribution in [3.63, 3.8) is 0 Å². The molecule has 1 fully saturated rings. The number of hydrogen-bond acceptors (Lipinski definition) is 6. The van der Waals surface area contributed by atoms with Crippen molar-refractivity contribution in [1.82, 2.24) is 19.4 Å². The van der Waals surface area contributed by atoms with Crippen molar-refractivity contribution in [2.45, 2.75) is 4.21 Å². The number of methoxy groups -OCH3 is 1. The maximum Gasteiger partial charge on any atom is 0.271 e. The first-order valence-corrected chi connectivity index (χ1v) is 12.2. The van der Waals surface area contributed by atoms with Gasteiger partial charge in [-0.3, -0.25) is 9.89 Å². The Hall–Kier alpha value is -2.21. The molecule has 0 spiro atoms. The summed E-state index contributed by atoms with van der Waals surface area (Å²) in [6.45, 7) is 1.15. The molecule has 0 bridgehead atoms. The average molecular weight is 511 g/mol. The number of carbonyl (C=O) groups excluding carboxylic acids is 1. The first-order chi connectivity index (χ1) is 14.4. The maximum absolute atomic E-state index is 12.8. The molecule has 0 unspecified atom stereocenters. The van der Waals surface area contributed by atoms with Gasteiger partial charge in [-0.2, -0.15) is 9.40 Å². The molecule has 1 aliphatic rings. The number of nitrogens with one attached hydrogen (secondary N) is 1. The van der Waals surface area contributed by atoms with Crippen LogP contribution in [0.15, 0.2) is 50.5 Å². The van der Waals surface area contributed by atoms with Crippen LogP contribution in [0.5, 0.6) is 5.75 Å². The molecule has 3 heterocycles. The summed E-state index contributed by atoms with van der Waals surface area (Å²) in [5.41, 5.74) is 1.90. The van der Waals surface area contributed by atoms with Crippen molar-refractivity contribution in [1.29, 1.82) is 0 Å².